The number of nitrogens with zero attached hydrogens (tertiary/aromatic N) is 2. The Morgan fingerprint density at radius 3 is 2.45 bits per heavy atom. The van der Waals surface area contributed by atoms with Gasteiger partial charge in [-0.1, -0.05) is 20.8 Å². The van der Waals surface area contributed by atoms with Crippen molar-refractivity contribution in [2.45, 2.75) is 52.2 Å². The van der Waals surface area contributed by atoms with E-state index in [1.807, 2.05) is 0 Å². The number of hydrogen-bond donors (Lipinski definition) is 2. The predicted molar refractivity (Wildman–Crippen MR) is 90.0 cm³/mol. The van der Waals surface area contributed by atoms with Crippen LogP contribution >= 0.6 is 0 Å². The van der Waals surface area contributed by atoms with Crippen molar-refractivity contribution in [3.05, 3.63) is 0 Å². The number of nitrogens with one attached hydrogen (secondary N) is 2. The molecule has 1 amide bonds. The van der Waals surface area contributed by atoms with Crippen LogP contribution < -0.4 is 10.6 Å². The van der Waals surface area contributed by atoms with Crippen LogP contribution in [0.4, 0.5) is 0 Å². The minimum absolute atomic E-state index is 0.00196. The van der Waals surface area contributed by atoms with Gasteiger partial charge in [0.15, 0.2) is 5.96 Å². The van der Waals surface area contributed by atoms with Crippen LogP contribution in [0.1, 0.15) is 40.5 Å². The van der Waals surface area contributed by atoms with Crippen LogP contribution in [0.25, 0.3) is 0 Å². The molecule has 128 valence electrons. The van der Waals surface area contributed by atoms with Crippen molar-refractivity contribution in [1.29, 1.82) is 0 Å². The molecule has 6 nitrogen and oxygen atoms in total. The maximum atomic E-state index is 11.7. The Kier molecular flexibility index (Phi) is 6.23. The van der Waals surface area contributed by atoms with Gasteiger partial charge in [-0.3, -0.25) is 4.79 Å². The molecule has 6 heteroatoms. The van der Waals surface area contributed by atoms with E-state index in [0.29, 0.717) is 5.96 Å². The Labute approximate surface area is 134 Å². The number of hydrogen-bond acceptors (Lipinski definition) is 3. The summed E-state index contributed by atoms with van der Waals surface area (Å²) >= 11 is 0. The topological polar surface area (TPSA) is 66.0 Å². The largest absolute Gasteiger partial charge is 0.378 e. The lowest BCUT2D eigenvalue weighted by Crippen LogP contribution is -2.69. The number of ether oxygens (including phenoxy) is 1. The number of carbonyl (C=O) groups excluding carboxylic acids is 1. The summed E-state index contributed by atoms with van der Waals surface area (Å²) in [5.74, 6) is 0.695. The van der Waals surface area contributed by atoms with Gasteiger partial charge < -0.3 is 20.3 Å². The number of amides is 1. The fourth-order valence-electron chi connectivity index (χ4n) is 2.57. The molecule has 1 rings (SSSR count). The highest BCUT2D eigenvalue weighted by Gasteiger charge is 2.58. The second-order valence-corrected chi connectivity index (χ2v) is 6.94. The lowest BCUT2D eigenvalue weighted by atomic mass is 9.56. The Morgan fingerprint density at radius 1 is 1.36 bits per heavy atom. The highest BCUT2D eigenvalue weighted by atomic mass is 16.5. The van der Waals surface area contributed by atoms with Gasteiger partial charge in [-0.05, 0) is 19.8 Å². The third-order valence-electron chi connectivity index (χ3n) is 5.00. The maximum absolute atomic E-state index is 11.7. The molecule has 2 N–H and O–H groups in total. The molecule has 0 aromatic rings. The van der Waals surface area contributed by atoms with Crippen LogP contribution in [-0.2, 0) is 9.53 Å². The predicted octanol–water partition coefficient (Wildman–Crippen LogP) is 1.22. The van der Waals surface area contributed by atoms with E-state index in [9.17, 15) is 4.79 Å². The maximum Gasteiger partial charge on any atom is 0.243 e. The summed E-state index contributed by atoms with van der Waals surface area (Å²) in [5.41, 5.74) is -0.123. The Balaban J connectivity index is 2.70. The summed E-state index contributed by atoms with van der Waals surface area (Å²) in [6.07, 6.45) is 1.93. The third-order valence-corrected chi connectivity index (χ3v) is 5.00. The van der Waals surface area contributed by atoms with Crippen LogP contribution in [0.2, 0.25) is 0 Å². The average molecular weight is 312 g/mol. The van der Waals surface area contributed by atoms with E-state index in [-0.39, 0.29) is 29.5 Å². The molecule has 2 unspecified atom stereocenters. The minimum Gasteiger partial charge on any atom is -0.378 e. The molecule has 1 aliphatic rings. The zero-order valence-corrected chi connectivity index (χ0v) is 15.1. The van der Waals surface area contributed by atoms with Gasteiger partial charge in [-0.25, -0.2) is 4.99 Å². The van der Waals surface area contributed by atoms with E-state index >= 15 is 0 Å². The molecule has 0 radical (unpaired) electrons. The fourth-order valence-corrected chi connectivity index (χ4v) is 2.57. The SMILES string of the molecule is CCCNC(=NCC(=O)N(C)C)NC1CC(C)(OC)C1(C)C. The number of carbonyl (C=O) groups is 1. The number of rotatable bonds is 6. The average Bonchev–Trinajstić information content (AvgIpc) is 2.47. The van der Waals surface area contributed by atoms with E-state index < -0.39 is 0 Å². The van der Waals surface area contributed by atoms with Gasteiger partial charge >= 0.3 is 0 Å². The van der Waals surface area contributed by atoms with E-state index in [2.05, 4.69) is 43.3 Å². The van der Waals surface area contributed by atoms with E-state index in [4.69, 9.17) is 4.74 Å². The molecule has 0 aromatic carbocycles. The summed E-state index contributed by atoms with van der Waals surface area (Å²) in [7, 11) is 5.24. The first-order valence-electron chi connectivity index (χ1n) is 7.98. The first-order valence-corrected chi connectivity index (χ1v) is 7.98. The molecule has 2 atom stereocenters. The van der Waals surface area contributed by atoms with Crippen LogP contribution in [0, 0.1) is 5.41 Å². The molecule has 1 fully saturated rings. The van der Waals surface area contributed by atoms with Crippen molar-refractivity contribution in [3.63, 3.8) is 0 Å². The van der Waals surface area contributed by atoms with Gasteiger partial charge in [-0.2, -0.15) is 0 Å². The minimum atomic E-state index is -0.125. The summed E-state index contributed by atoms with van der Waals surface area (Å²) in [4.78, 5) is 17.7. The lowest BCUT2D eigenvalue weighted by Gasteiger charge is -2.59. The first-order chi connectivity index (χ1) is 10.2. The highest BCUT2D eigenvalue weighted by Crippen LogP contribution is 2.51. The molecular weight excluding hydrogens is 280 g/mol. The summed E-state index contributed by atoms with van der Waals surface area (Å²) < 4.78 is 5.65. The standard InChI is InChI=1S/C16H32N4O2/c1-8-9-17-14(18-11-13(21)20(5)6)19-12-10-16(4,22-7)15(12,2)3/h12H,8-11H2,1-7H3,(H2,17,18,19). The third kappa shape index (κ3) is 3.91. The van der Waals surface area contributed by atoms with Crippen molar-refractivity contribution in [1.82, 2.24) is 15.5 Å². The summed E-state index contributed by atoms with van der Waals surface area (Å²) in [6.45, 7) is 9.61. The first kappa shape index (κ1) is 18.7. The molecule has 0 aliphatic heterocycles. The van der Waals surface area contributed by atoms with Crippen molar-refractivity contribution >= 4 is 11.9 Å². The molecule has 0 bridgehead atoms. The number of guanidine groups is 1. The van der Waals surface area contributed by atoms with Crippen LogP contribution in [0.15, 0.2) is 4.99 Å². The molecule has 1 saturated carbocycles. The fraction of sp³-hybridized carbons (Fsp3) is 0.875. The van der Waals surface area contributed by atoms with Crippen molar-refractivity contribution < 1.29 is 9.53 Å². The Hall–Kier alpha value is -1.30. The number of likely N-dealkylation sites (N-methyl/N-ethyl adjacent to an activating group) is 1. The Morgan fingerprint density at radius 2 is 2.00 bits per heavy atom. The molecule has 0 saturated heterocycles. The van der Waals surface area contributed by atoms with Crippen LogP contribution in [-0.4, -0.2) is 62.7 Å². The monoisotopic (exact) mass is 312 g/mol. The summed E-state index contributed by atoms with van der Waals surface area (Å²) in [6, 6.07) is 0.273. The molecular formula is C16H32N4O2. The normalized spacial score (nSPS) is 27.0. The smallest absolute Gasteiger partial charge is 0.243 e. The lowest BCUT2D eigenvalue weighted by molar-refractivity contribution is -0.176. The van der Waals surface area contributed by atoms with Crippen LogP contribution in [0.5, 0.6) is 0 Å². The molecule has 1 aliphatic carbocycles. The molecule has 0 aromatic heterocycles. The van der Waals surface area contributed by atoms with Crippen molar-refractivity contribution in [2.75, 3.05) is 34.3 Å². The number of aliphatic imine (C=N–C) groups is 1. The zero-order chi connectivity index (χ0) is 17.0. The van der Waals surface area contributed by atoms with Gasteiger partial charge in [0.2, 0.25) is 5.91 Å². The van der Waals surface area contributed by atoms with Crippen LogP contribution in [0.3, 0.4) is 0 Å². The van der Waals surface area contributed by atoms with Gasteiger partial charge in [0.05, 0.1) is 5.60 Å². The van der Waals surface area contributed by atoms with Crippen molar-refractivity contribution in [2.24, 2.45) is 10.4 Å². The van der Waals surface area contributed by atoms with Gasteiger partial charge in [0.25, 0.3) is 0 Å². The number of methoxy groups -OCH3 is 1. The molecule has 22 heavy (non-hydrogen) atoms. The summed E-state index contributed by atoms with van der Waals surface area (Å²) in [5, 5.41) is 6.72. The van der Waals surface area contributed by atoms with Crippen molar-refractivity contribution in [3.8, 4) is 0 Å². The molecule has 0 heterocycles. The molecule has 0 spiro atoms. The van der Waals surface area contributed by atoms with E-state index in [1.165, 1.54) is 0 Å². The Bertz CT molecular complexity index is 420. The van der Waals surface area contributed by atoms with Gasteiger partial charge in [0, 0.05) is 39.2 Å². The second-order valence-electron chi connectivity index (χ2n) is 6.94. The highest BCUT2D eigenvalue weighted by molar-refractivity contribution is 5.85. The second kappa shape index (κ2) is 7.31. The quantitative estimate of drug-likeness (QED) is 0.572. The zero-order valence-electron chi connectivity index (χ0n) is 15.1. The van der Waals surface area contributed by atoms with Gasteiger partial charge in [-0.15, -0.1) is 0 Å². The van der Waals surface area contributed by atoms with Gasteiger partial charge in [0.1, 0.15) is 6.54 Å². The van der Waals surface area contributed by atoms with E-state index in [1.54, 1.807) is 26.1 Å². The van der Waals surface area contributed by atoms with E-state index in [0.717, 1.165) is 19.4 Å².